The fourth-order valence-electron chi connectivity index (χ4n) is 1.25. The van der Waals surface area contributed by atoms with E-state index in [4.69, 9.17) is 0 Å². The number of hydrogen-bond donors (Lipinski definition) is 0. The van der Waals surface area contributed by atoms with Crippen LogP contribution in [0.4, 0.5) is 0 Å². The second-order valence-corrected chi connectivity index (χ2v) is 2.51. The van der Waals surface area contributed by atoms with Crippen molar-refractivity contribution in [3.63, 3.8) is 0 Å². The van der Waals surface area contributed by atoms with Crippen molar-refractivity contribution in [2.45, 2.75) is 18.9 Å². The lowest BCUT2D eigenvalue weighted by Gasteiger charge is -2.18. The summed E-state index contributed by atoms with van der Waals surface area (Å²) in [5.74, 6) is 0. The molecule has 1 atom stereocenters. The van der Waals surface area contributed by atoms with Crippen molar-refractivity contribution < 1.29 is 0 Å². The summed E-state index contributed by atoms with van der Waals surface area (Å²) in [5.41, 5.74) is 1.35. The lowest BCUT2D eigenvalue weighted by atomic mass is 10.00. The van der Waals surface area contributed by atoms with E-state index in [1.807, 2.05) is 24.7 Å². The van der Waals surface area contributed by atoms with Crippen LogP contribution in [-0.2, 0) is 0 Å². The van der Waals surface area contributed by atoms with Gasteiger partial charge in [-0.15, -0.1) is 0 Å². The van der Waals surface area contributed by atoms with Crippen LogP contribution in [0.25, 0.3) is 0 Å². The van der Waals surface area contributed by atoms with Crippen molar-refractivity contribution in [3.05, 3.63) is 24.0 Å². The smallest absolute Gasteiger partial charge is 0.0922 e. The molecule has 2 heterocycles. The molecule has 0 N–H and O–H groups in total. The van der Waals surface area contributed by atoms with Gasteiger partial charge in [0.1, 0.15) is 0 Å². The fourth-order valence-corrected chi connectivity index (χ4v) is 1.25. The minimum Gasteiger partial charge on any atom is -0.285 e. The van der Waals surface area contributed by atoms with Gasteiger partial charge in [-0.1, -0.05) is 0 Å². The molecule has 10 heavy (non-hydrogen) atoms. The molecule has 0 spiro atoms. The maximum Gasteiger partial charge on any atom is 0.0922 e. The molecule has 2 nitrogen and oxygen atoms in total. The minimum absolute atomic E-state index is 0.311. The zero-order valence-corrected chi connectivity index (χ0v) is 5.70. The highest BCUT2D eigenvalue weighted by atomic mass is 14.9. The van der Waals surface area contributed by atoms with Crippen LogP contribution in [-0.4, -0.2) is 12.3 Å². The first kappa shape index (κ1) is 5.71. The van der Waals surface area contributed by atoms with Gasteiger partial charge in [-0.05, 0) is 24.5 Å². The quantitative estimate of drug-likeness (QED) is 0.475. The Morgan fingerprint density at radius 1 is 1.50 bits per heavy atom. The summed E-state index contributed by atoms with van der Waals surface area (Å²) in [7, 11) is 0. The van der Waals surface area contributed by atoms with E-state index in [0.717, 1.165) is 12.8 Å². The van der Waals surface area contributed by atoms with Crippen molar-refractivity contribution in [3.8, 4) is 0 Å². The van der Waals surface area contributed by atoms with E-state index < -0.39 is 0 Å². The molecule has 51 valence electrons. The van der Waals surface area contributed by atoms with E-state index in [1.165, 1.54) is 5.57 Å². The van der Waals surface area contributed by atoms with Gasteiger partial charge < -0.3 is 0 Å². The molecule has 2 rings (SSSR count). The molecule has 1 radical (unpaired) electrons. The predicted octanol–water partition coefficient (Wildman–Crippen LogP) is 1.24. The van der Waals surface area contributed by atoms with Gasteiger partial charge in [0.05, 0.1) is 6.04 Å². The zero-order chi connectivity index (χ0) is 6.81. The molecule has 0 aromatic rings. The first-order chi connectivity index (χ1) is 4.97. The summed E-state index contributed by atoms with van der Waals surface area (Å²) >= 11 is 0. The summed E-state index contributed by atoms with van der Waals surface area (Å²) in [6.07, 6.45) is 9.98. The van der Waals surface area contributed by atoms with Crippen molar-refractivity contribution in [2.24, 2.45) is 4.99 Å². The molecule has 2 heteroatoms. The Morgan fingerprint density at radius 3 is 3.40 bits per heavy atom. The molecule has 0 saturated carbocycles. The standard InChI is InChI=1S/C8H9N2/c1-2-7-6-9-5-3-8(7)10-4-1/h3-6,8H,1-2H2. The van der Waals surface area contributed by atoms with Gasteiger partial charge in [0.15, 0.2) is 0 Å². The van der Waals surface area contributed by atoms with E-state index in [0.29, 0.717) is 6.04 Å². The fraction of sp³-hybridized carbons (Fsp3) is 0.375. The van der Waals surface area contributed by atoms with Gasteiger partial charge in [-0.25, -0.2) is 0 Å². The Hall–Kier alpha value is -1.05. The molecule has 0 fully saturated rings. The third-order valence-electron chi connectivity index (χ3n) is 1.80. The van der Waals surface area contributed by atoms with Crippen molar-refractivity contribution >= 4 is 6.21 Å². The first-order valence-electron chi connectivity index (χ1n) is 3.54. The summed E-state index contributed by atoms with van der Waals surface area (Å²) in [6.45, 7) is 0. The van der Waals surface area contributed by atoms with Crippen LogP contribution in [0.5, 0.6) is 0 Å². The van der Waals surface area contributed by atoms with E-state index >= 15 is 0 Å². The molecule has 1 unspecified atom stereocenters. The van der Waals surface area contributed by atoms with E-state index in [2.05, 4.69) is 10.3 Å². The van der Waals surface area contributed by atoms with E-state index in [-0.39, 0.29) is 0 Å². The third kappa shape index (κ3) is 0.856. The Kier molecular flexibility index (Phi) is 1.31. The molecule has 2 aliphatic rings. The summed E-state index contributed by atoms with van der Waals surface area (Å²) in [6, 6.07) is 0.311. The van der Waals surface area contributed by atoms with Gasteiger partial charge in [-0.2, -0.15) is 0 Å². The molecule has 0 aromatic heterocycles. The topological polar surface area (TPSA) is 26.5 Å². The predicted molar refractivity (Wildman–Crippen MR) is 40.9 cm³/mol. The monoisotopic (exact) mass is 133 g/mol. The first-order valence-corrected chi connectivity index (χ1v) is 3.54. The molecule has 0 saturated heterocycles. The van der Waals surface area contributed by atoms with Crippen LogP contribution in [0.1, 0.15) is 12.8 Å². The van der Waals surface area contributed by atoms with Crippen LogP contribution >= 0.6 is 0 Å². The van der Waals surface area contributed by atoms with Crippen LogP contribution in [0, 0.1) is 0 Å². The third-order valence-corrected chi connectivity index (χ3v) is 1.80. The Labute approximate surface area is 60.3 Å². The molecular formula is C8H9N2. The maximum atomic E-state index is 4.31. The summed E-state index contributed by atoms with van der Waals surface area (Å²) < 4.78 is 0. The molecular weight excluding hydrogens is 124 g/mol. The maximum absolute atomic E-state index is 4.31. The number of aliphatic imine (C=N–C) groups is 1. The van der Waals surface area contributed by atoms with E-state index in [9.17, 15) is 0 Å². The van der Waals surface area contributed by atoms with E-state index in [1.54, 1.807) is 0 Å². The second-order valence-electron chi connectivity index (χ2n) is 2.51. The number of nitrogens with zero attached hydrogens (tertiary/aromatic N) is 2. The molecule has 0 aliphatic carbocycles. The van der Waals surface area contributed by atoms with Gasteiger partial charge in [0.25, 0.3) is 0 Å². The van der Waals surface area contributed by atoms with Crippen LogP contribution in [0.2, 0.25) is 0 Å². The Bertz CT molecular complexity index is 213. The zero-order valence-electron chi connectivity index (χ0n) is 5.70. The highest BCUT2D eigenvalue weighted by molar-refractivity contribution is 5.61. The largest absolute Gasteiger partial charge is 0.285 e. The molecule has 0 amide bonds. The number of hydrogen-bond acceptors (Lipinski definition) is 1. The highest BCUT2D eigenvalue weighted by Crippen LogP contribution is 2.19. The van der Waals surface area contributed by atoms with Crippen molar-refractivity contribution in [1.29, 1.82) is 0 Å². The number of rotatable bonds is 0. The van der Waals surface area contributed by atoms with Crippen LogP contribution in [0.3, 0.4) is 0 Å². The van der Waals surface area contributed by atoms with Crippen molar-refractivity contribution in [1.82, 2.24) is 5.32 Å². The van der Waals surface area contributed by atoms with Crippen LogP contribution in [0.15, 0.2) is 29.0 Å². The Morgan fingerprint density at radius 2 is 2.50 bits per heavy atom. The number of fused-ring (bicyclic) bond motifs is 1. The van der Waals surface area contributed by atoms with Gasteiger partial charge >= 0.3 is 0 Å². The summed E-state index contributed by atoms with van der Waals surface area (Å²) in [5, 5.41) is 4.04. The van der Waals surface area contributed by atoms with Gasteiger partial charge in [0.2, 0.25) is 0 Å². The van der Waals surface area contributed by atoms with Crippen molar-refractivity contribution in [2.75, 3.05) is 0 Å². The Balaban J connectivity index is 2.26. The minimum atomic E-state index is 0.311. The lowest BCUT2D eigenvalue weighted by Crippen LogP contribution is -2.15. The van der Waals surface area contributed by atoms with Crippen LogP contribution < -0.4 is 5.32 Å². The van der Waals surface area contributed by atoms with Gasteiger partial charge in [-0.3, -0.25) is 10.3 Å². The SMILES string of the molecule is C1=CC2N=CCCC2=C[N]1. The van der Waals surface area contributed by atoms with Gasteiger partial charge in [0, 0.05) is 18.6 Å². The second kappa shape index (κ2) is 2.29. The molecule has 0 bridgehead atoms. The highest BCUT2D eigenvalue weighted by Gasteiger charge is 2.14. The molecule has 2 aliphatic heterocycles. The molecule has 0 aromatic carbocycles. The average molecular weight is 133 g/mol. The average Bonchev–Trinajstić information content (AvgIpc) is 2.05. The summed E-state index contributed by atoms with van der Waals surface area (Å²) in [4.78, 5) is 4.31. The lowest BCUT2D eigenvalue weighted by molar-refractivity contribution is 0.789. The normalized spacial score (nSPS) is 28.8.